The number of nitrogens with two attached hydrogens (primary N) is 1. The topological polar surface area (TPSA) is 66.6 Å². The second-order valence-corrected chi connectivity index (χ2v) is 6.12. The summed E-state index contributed by atoms with van der Waals surface area (Å²) in [6.07, 6.45) is 7.89. The highest BCUT2D eigenvalue weighted by Crippen LogP contribution is 2.23. The maximum atomic E-state index is 12.5. The zero-order valence-corrected chi connectivity index (χ0v) is 13.0. The van der Waals surface area contributed by atoms with E-state index in [1.54, 1.807) is 0 Å². The Bertz CT molecular complexity index is 412. The lowest BCUT2D eigenvalue weighted by Crippen LogP contribution is -2.43. The van der Waals surface area contributed by atoms with Crippen molar-refractivity contribution in [1.29, 1.82) is 0 Å². The molecular weight excluding hydrogens is 266 g/mol. The van der Waals surface area contributed by atoms with Crippen LogP contribution in [0.1, 0.15) is 45.4 Å². The van der Waals surface area contributed by atoms with Crippen molar-refractivity contribution in [2.45, 2.75) is 45.4 Å². The van der Waals surface area contributed by atoms with Crippen LogP contribution in [0.15, 0.2) is 11.8 Å². The largest absolute Gasteiger partial charge is 0.370 e. The van der Waals surface area contributed by atoms with E-state index in [4.69, 9.17) is 5.73 Å². The molecule has 5 nitrogen and oxygen atoms in total. The van der Waals surface area contributed by atoms with Crippen LogP contribution in [0.3, 0.4) is 0 Å². The Morgan fingerprint density at radius 3 is 2.62 bits per heavy atom. The molecule has 2 aliphatic rings. The van der Waals surface area contributed by atoms with Gasteiger partial charge in [0.15, 0.2) is 0 Å². The number of primary amides is 1. The minimum absolute atomic E-state index is 0.207. The van der Waals surface area contributed by atoms with Crippen LogP contribution in [0.25, 0.3) is 0 Å². The molecule has 0 spiro atoms. The molecule has 118 valence electrons. The zero-order chi connectivity index (χ0) is 15.2. The number of nitrogens with zero attached hydrogens (tertiary/aromatic N) is 2. The number of piperidine rings is 1. The molecule has 0 unspecified atom stereocenters. The highest BCUT2D eigenvalue weighted by molar-refractivity contribution is 5.80. The van der Waals surface area contributed by atoms with Crippen molar-refractivity contribution in [3.05, 3.63) is 11.8 Å². The van der Waals surface area contributed by atoms with Crippen molar-refractivity contribution >= 4 is 11.8 Å². The molecule has 1 aliphatic heterocycles. The predicted molar refractivity (Wildman–Crippen MR) is 82.3 cm³/mol. The number of allylic oxidation sites excluding steroid dienone is 2. The van der Waals surface area contributed by atoms with Gasteiger partial charge in [0.1, 0.15) is 0 Å². The zero-order valence-electron chi connectivity index (χ0n) is 13.0. The summed E-state index contributed by atoms with van der Waals surface area (Å²) in [7, 11) is 0. The van der Waals surface area contributed by atoms with Crippen LogP contribution in [0, 0.1) is 5.92 Å². The molecule has 2 rings (SSSR count). The van der Waals surface area contributed by atoms with E-state index in [2.05, 4.69) is 11.0 Å². The van der Waals surface area contributed by atoms with Crippen molar-refractivity contribution in [3.8, 4) is 0 Å². The highest BCUT2D eigenvalue weighted by atomic mass is 16.2. The fourth-order valence-electron chi connectivity index (χ4n) is 3.35. The van der Waals surface area contributed by atoms with Gasteiger partial charge in [0, 0.05) is 18.7 Å². The molecule has 0 bridgehead atoms. The Morgan fingerprint density at radius 2 is 2.10 bits per heavy atom. The number of amides is 2. The van der Waals surface area contributed by atoms with Gasteiger partial charge in [-0.3, -0.25) is 14.5 Å². The third-order valence-electron chi connectivity index (χ3n) is 4.54. The summed E-state index contributed by atoms with van der Waals surface area (Å²) in [4.78, 5) is 27.5. The lowest BCUT2D eigenvalue weighted by molar-refractivity contribution is -0.131. The first-order valence-corrected chi connectivity index (χ1v) is 8.10. The van der Waals surface area contributed by atoms with Gasteiger partial charge in [-0.2, -0.15) is 0 Å². The molecule has 0 aromatic carbocycles. The lowest BCUT2D eigenvalue weighted by atomic mass is 9.93. The van der Waals surface area contributed by atoms with Crippen LogP contribution in [-0.4, -0.2) is 47.8 Å². The first kappa shape index (κ1) is 16.0. The minimum Gasteiger partial charge on any atom is -0.370 e. The van der Waals surface area contributed by atoms with Crippen molar-refractivity contribution in [2.24, 2.45) is 11.7 Å². The van der Waals surface area contributed by atoms with E-state index >= 15 is 0 Å². The van der Waals surface area contributed by atoms with Crippen molar-refractivity contribution < 1.29 is 9.59 Å². The summed E-state index contributed by atoms with van der Waals surface area (Å²) in [5, 5.41) is 0. The van der Waals surface area contributed by atoms with Gasteiger partial charge in [0.25, 0.3) is 0 Å². The number of hydrogen-bond donors (Lipinski definition) is 1. The van der Waals surface area contributed by atoms with Crippen LogP contribution in [0.2, 0.25) is 0 Å². The van der Waals surface area contributed by atoms with E-state index < -0.39 is 0 Å². The van der Waals surface area contributed by atoms with Crippen molar-refractivity contribution in [2.75, 3.05) is 26.2 Å². The number of likely N-dealkylation sites (tertiary alicyclic amines) is 1. The summed E-state index contributed by atoms with van der Waals surface area (Å²) >= 11 is 0. The molecule has 0 radical (unpaired) electrons. The normalized spacial score (nSPS) is 20.3. The van der Waals surface area contributed by atoms with E-state index in [0.29, 0.717) is 18.9 Å². The van der Waals surface area contributed by atoms with Crippen LogP contribution < -0.4 is 5.73 Å². The summed E-state index contributed by atoms with van der Waals surface area (Å²) in [6.45, 7) is 5.06. The van der Waals surface area contributed by atoms with Gasteiger partial charge in [-0.05, 0) is 58.0 Å². The maximum absolute atomic E-state index is 12.5. The Balaban J connectivity index is 1.79. The Morgan fingerprint density at radius 1 is 1.38 bits per heavy atom. The van der Waals surface area contributed by atoms with Crippen LogP contribution in [0.5, 0.6) is 0 Å². The number of carbonyl (C=O) groups excluding carboxylic acids is 2. The molecule has 5 heteroatoms. The van der Waals surface area contributed by atoms with Gasteiger partial charge in [0.05, 0.1) is 6.54 Å². The van der Waals surface area contributed by atoms with E-state index in [1.165, 1.54) is 5.70 Å². The first-order valence-electron chi connectivity index (χ1n) is 8.10. The third kappa shape index (κ3) is 4.56. The summed E-state index contributed by atoms with van der Waals surface area (Å²) < 4.78 is 0. The van der Waals surface area contributed by atoms with Gasteiger partial charge >= 0.3 is 0 Å². The third-order valence-corrected chi connectivity index (χ3v) is 4.54. The fourth-order valence-corrected chi connectivity index (χ4v) is 3.35. The van der Waals surface area contributed by atoms with Gasteiger partial charge in [-0.1, -0.05) is 6.08 Å². The number of rotatable bonds is 6. The first-order chi connectivity index (χ1) is 10.1. The quantitative estimate of drug-likeness (QED) is 0.807. The molecule has 2 amide bonds. The van der Waals surface area contributed by atoms with Crippen molar-refractivity contribution in [3.63, 3.8) is 0 Å². The number of hydrogen-bond acceptors (Lipinski definition) is 3. The summed E-state index contributed by atoms with van der Waals surface area (Å²) in [5.41, 5.74) is 6.45. The second-order valence-electron chi connectivity index (χ2n) is 6.12. The minimum atomic E-state index is -0.213. The molecule has 1 aliphatic carbocycles. The SMILES string of the molecule is CCN(C(=O)CN1CCC(CC(N)=O)CC1)C1=CCCC1. The van der Waals surface area contributed by atoms with Crippen LogP contribution in [0.4, 0.5) is 0 Å². The molecule has 0 aromatic heterocycles. The molecular formula is C16H27N3O2. The molecule has 1 saturated heterocycles. The highest BCUT2D eigenvalue weighted by Gasteiger charge is 2.25. The van der Waals surface area contributed by atoms with E-state index in [0.717, 1.165) is 51.7 Å². The molecule has 0 aromatic rings. The maximum Gasteiger partial charge on any atom is 0.240 e. The molecule has 1 heterocycles. The van der Waals surface area contributed by atoms with Crippen LogP contribution in [-0.2, 0) is 9.59 Å². The van der Waals surface area contributed by atoms with Gasteiger partial charge in [-0.15, -0.1) is 0 Å². The average molecular weight is 293 g/mol. The second kappa shape index (κ2) is 7.59. The van der Waals surface area contributed by atoms with Crippen molar-refractivity contribution in [1.82, 2.24) is 9.80 Å². The fraction of sp³-hybridized carbons (Fsp3) is 0.750. The Kier molecular flexibility index (Phi) is 5.79. The predicted octanol–water partition coefficient (Wildman–Crippen LogP) is 1.49. The molecule has 21 heavy (non-hydrogen) atoms. The Labute approximate surface area is 127 Å². The smallest absolute Gasteiger partial charge is 0.240 e. The average Bonchev–Trinajstić information content (AvgIpc) is 2.95. The van der Waals surface area contributed by atoms with E-state index in [-0.39, 0.29) is 11.8 Å². The standard InChI is InChI=1S/C16H27N3O2/c1-2-19(14-5-3-4-6-14)16(21)12-18-9-7-13(8-10-18)11-15(17)20/h5,13H,2-4,6-12H2,1H3,(H2,17,20). The monoisotopic (exact) mass is 293 g/mol. The summed E-state index contributed by atoms with van der Waals surface area (Å²) in [6, 6.07) is 0. The molecule has 2 N–H and O–H groups in total. The number of likely N-dealkylation sites (N-methyl/N-ethyl adjacent to an activating group) is 1. The van der Waals surface area contributed by atoms with Gasteiger partial charge < -0.3 is 10.6 Å². The number of carbonyl (C=O) groups is 2. The van der Waals surface area contributed by atoms with Gasteiger partial charge in [-0.25, -0.2) is 0 Å². The molecule has 1 fully saturated rings. The van der Waals surface area contributed by atoms with E-state index in [9.17, 15) is 9.59 Å². The molecule has 0 atom stereocenters. The Hall–Kier alpha value is -1.36. The van der Waals surface area contributed by atoms with Crippen LogP contribution >= 0.6 is 0 Å². The lowest BCUT2D eigenvalue weighted by Gasteiger charge is -2.32. The van der Waals surface area contributed by atoms with E-state index in [1.807, 2.05) is 11.8 Å². The summed E-state index contributed by atoms with van der Waals surface area (Å²) in [5.74, 6) is 0.391. The van der Waals surface area contributed by atoms with Gasteiger partial charge in [0.2, 0.25) is 11.8 Å². The molecule has 0 saturated carbocycles.